The van der Waals surface area contributed by atoms with Gasteiger partial charge in [0.25, 0.3) is 0 Å². The van der Waals surface area contributed by atoms with Crippen molar-refractivity contribution in [2.75, 3.05) is 25.5 Å². The van der Waals surface area contributed by atoms with E-state index >= 15 is 0 Å². The molecule has 1 aromatic carbocycles. The van der Waals surface area contributed by atoms with Crippen molar-refractivity contribution in [2.24, 2.45) is 0 Å². The third-order valence-electron chi connectivity index (χ3n) is 3.39. The minimum absolute atomic E-state index is 0.0921. The van der Waals surface area contributed by atoms with Crippen molar-refractivity contribution in [3.05, 3.63) is 18.2 Å². The number of nitrogens with one attached hydrogen (secondary N) is 1. The average Bonchev–Trinajstić information content (AvgIpc) is 2.85. The number of carbonyl (C=O) groups excluding carboxylic acids is 1. The van der Waals surface area contributed by atoms with Crippen LogP contribution in [0.1, 0.15) is 27.2 Å². The lowest BCUT2D eigenvalue weighted by Gasteiger charge is -2.24. The molecular weight excluding hydrogens is 284 g/mol. The van der Waals surface area contributed by atoms with E-state index in [1.807, 2.05) is 26.8 Å². The Bertz CT molecular complexity index is 539. The predicted molar refractivity (Wildman–Crippen MR) is 84.5 cm³/mol. The Morgan fingerprint density at radius 2 is 2.14 bits per heavy atom. The summed E-state index contributed by atoms with van der Waals surface area (Å²) in [5, 5.41) is 13.1. The van der Waals surface area contributed by atoms with E-state index in [1.165, 1.54) is 7.11 Å². The van der Waals surface area contributed by atoms with Crippen LogP contribution in [0.3, 0.4) is 0 Å². The molecule has 6 nitrogen and oxygen atoms in total. The van der Waals surface area contributed by atoms with Gasteiger partial charge in [-0.15, -0.1) is 0 Å². The molecule has 1 aromatic rings. The molecule has 0 spiro atoms. The zero-order chi connectivity index (χ0) is 16.3. The molecule has 1 aliphatic rings. The minimum atomic E-state index is -0.482. The van der Waals surface area contributed by atoms with E-state index in [0.717, 1.165) is 12.1 Å². The molecule has 0 radical (unpaired) electrons. The fourth-order valence-electron chi connectivity index (χ4n) is 2.39. The lowest BCUT2D eigenvalue weighted by molar-refractivity contribution is 0.0293. The van der Waals surface area contributed by atoms with Crippen LogP contribution < -0.4 is 10.1 Å². The molecule has 6 heteroatoms. The number of ether oxygens (including phenoxy) is 2. The van der Waals surface area contributed by atoms with Crippen LogP contribution >= 0.6 is 0 Å². The quantitative estimate of drug-likeness (QED) is 0.898. The minimum Gasteiger partial charge on any atom is -0.504 e. The van der Waals surface area contributed by atoms with E-state index in [9.17, 15) is 9.90 Å². The second-order valence-corrected chi connectivity index (χ2v) is 6.44. The van der Waals surface area contributed by atoms with Gasteiger partial charge < -0.3 is 24.8 Å². The maximum atomic E-state index is 12.0. The van der Waals surface area contributed by atoms with Crippen molar-refractivity contribution in [3.8, 4) is 11.5 Å². The maximum absolute atomic E-state index is 12.0. The van der Waals surface area contributed by atoms with Gasteiger partial charge in [-0.1, -0.05) is 0 Å². The van der Waals surface area contributed by atoms with Gasteiger partial charge in [0.15, 0.2) is 11.5 Å². The van der Waals surface area contributed by atoms with Gasteiger partial charge in [-0.3, -0.25) is 0 Å². The van der Waals surface area contributed by atoms with Crippen LogP contribution in [0.4, 0.5) is 10.5 Å². The highest BCUT2D eigenvalue weighted by Gasteiger charge is 2.29. The summed E-state index contributed by atoms with van der Waals surface area (Å²) in [5.41, 5.74) is 0.319. The summed E-state index contributed by atoms with van der Waals surface area (Å²) in [6, 6.07) is 5.31. The molecule has 1 unspecified atom stereocenters. The number of rotatable bonds is 3. The number of hydrogen-bond donors (Lipinski definition) is 2. The van der Waals surface area contributed by atoms with E-state index in [1.54, 1.807) is 17.0 Å². The molecule has 0 aromatic heterocycles. The highest BCUT2D eigenvalue weighted by Crippen LogP contribution is 2.29. The first-order valence-corrected chi connectivity index (χ1v) is 7.40. The molecule has 22 heavy (non-hydrogen) atoms. The van der Waals surface area contributed by atoms with E-state index in [4.69, 9.17) is 9.47 Å². The molecule has 0 aliphatic carbocycles. The predicted octanol–water partition coefficient (Wildman–Crippen LogP) is 2.82. The van der Waals surface area contributed by atoms with Crippen LogP contribution in [0, 0.1) is 0 Å². The van der Waals surface area contributed by atoms with Crippen molar-refractivity contribution in [3.63, 3.8) is 0 Å². The number of carbonyl (C=O) groups is 1. The molecule has 1 aliphatic heterocycles. The Kier molecular flexibility index (Phi) is 4.68. The Morgan fingerprint density at radius 1 is 1.41 bits per heavy atom. The number of likely N-dealkylation sites (tertiary alicyclic amines) is 1. The SMILES string of the molecule is COc1ccc(NC2CCN(C(=O)OC(C)(C)C)C2)cc1O. The molecule has 0 bridgehead atoms. The zero-order valence-electron chi connectivity index (χ0n) is 13.5. The second kappa shape index (κ2) is 6.34. The van der Waals surface area contributed by atoms with E-state index in [0.29, 0.717) is 18.8 Å². The van der Waals surface area contributed by atoms with Crippen molar-refractivity contribution < 1.29 is 19.4 Å². The van der Waals surface area contributed by atoms with Crippen LogP contribution in [-0.4, -0.2) is 47.9 Å². The largest absolute Gasteiger partial charge is 0.504 e. The van der Waals surface area contributed by atoms with Crippen LogP contribution in [-0.2, 0) is 4.74 Å². The topological polar surface area (TPSA) is 71.0 Å². The summed E-state index contributed by atoms with van der Waals surface area (Å²) >= 11 is 0. The Balaban J connectivity index is 1.91. The van der Waals surface area contributed by atoms with Crippen molar-refractivity contribution in [2.45, 2.75) is 38.8 Å². The maximum Gasteiger partial charge on any atom is 0.410 e. The number of benzene rings is 1. The molecule has 2 N–H and O–H groups in total. The van der Waals surface area contributed by atoms with Gasteiger partial charge in [0.05, 0.1) is 7.11 Å². The van der Waals surface area contributed by atoms with Crippen LogP contribution in [0.15, 0.2) is 18.2 Å². The normalized spacial score (nSPS) is 18.2. The number of hydrogen-bond acceptors (Lipinski definition) is 5. The number of aromatic hydroxyl groups is 1. The number of nitrogens with zero attached hydrogens (tertiary/aromatic N) is 1. The number of methoxy groups -OCH3 is 1. The summed E-state index contributed by atoms with van der Waals surface area (Å²) in [5.74, 6) is 0.529. The van der Waals surface area contributed by atoms with E-state index in [2.05, 4.69) is 5.32 Å². The Labute approximate surface area is 131 Å². The molecule has 0 saturated carbocycles. The van der Waals surface area contributed by atoms with Crippen LogP contribution in [0.5, 0.6) is 11.5 Å². The molecule has 1 saturated heterocycles. The summed E-state index contributed by atoms with van der Waals surface area (Å²) in [6.45, 7) is 6.82. The van der Waals surface area contributed by atoms with E-state index in [-0.39, 0.29) is 17.9 Å². The second-order valence-electron chi connectivity index (χ2n) is 6.44. The summed E-state index contributed by atoms with van der Waals surface area (Å²) < 4.78 is 10.4. The lowest BCUT2D eigenvalue weighted by Crippen LogP contribution is -2.36. The first-order chi connectivity index (χ1) is 10.3. The van der Waals surface area contributed by atoms with Crippen molar-refractivity contribution in [1.29, 1.82) is 0 Å². The standard InChI is InChI=1S/C16H24N2O4/c1-16(2,3)22-15(20)18-8-7-12(10-18)17-11-5-6-14(21-4)13(19)9-11/h5-6,9,12,17,19H,7-8,10H2,1-4H3. The summed E-state index contributed by atoms with van der Waals surface area (Å²) in [7, 11) is 1.51. The fourth-order valence-corrected chi connectivity index (χ4v) is 2.39. The highest BCUT2D eigenvalue weighted by atomic mass is 16.6. The number of phenols is 1. The first kappa shape index (κ1) is 16.3. The van der Waals surface area contributed by atoms with Crippen LogP contribution in [0.25, 0.3) is 0 Å². The molecule has 1 atom stereocenters. The van der Waals surface area contributed by atoms with Crippen molar-refractivity contribution >= 4 is 11.8 Å². The van der Waals surface area contributed by atoms with Gasteiger partial charge in [-0.25, -0.2) is 4.79 Å². The van der Waals surface area contributed by atoms with E-state index < -0.39 is 5.60 Å². The Hall–Kier alpha value is -2.11. The van der Waals surface area contributed by atoms with Crippen LogP contribution in [0.2, 0.25) is 0 Å². The molecular formula is C16H24N2O4. The van der Waals surface area contributed by atoms with Crippen molar-refractivity contribution in [1.82, 2.24) is 4.90 Å². The average molecular weight is 308 g/mol. The lowest BCUT2D eigenvalue weighted by atomic mass is 10.2. The molecule has 122 valence electrons. The van der Waals surface area contributed by atoms with Gasteiger partial charge in [0.2, 0.25) is 0 Å². The van der Waals surface area contributed by atoms with Gasteiger partial charge in [-0.2, -0.15) is 0 Å². The Morgan fingerprint density at radius 3 is 2.73 bits per heavy atom. The third-order valence-corrected chi connectivity index (χ3v) is 3.39. The number of amides is 1. The zero-order valence-corrected chi connectivity index (χ0v) is 13.5. The highest BCUT2D eigenvalue weighted by molar-refractivity contribution is 5.68. The molecule has 1 fully saturated rings. The monoisotopic (exact) mass is 308 g/mol. The number of phenolic OH excluding ortho intramolecular Hbond substituents is 1. The van der Waals surface area contributed by atoms with Gasteiger partial charge >= 0.3 is 6.09 Å². The third kappa shape index (κ3) is 4.19. The number of anilines is 1. The smallest absolute Gasteiger partial charge is 0.410 e. The molecule has 2 rings (SSSR count). The summed E-state index contributed by atoms with van der Waals surface area (Å²) in [6.07, 6.45) is 0.556. The van der Waals surface area contributed by atoms with Gasteiger partial charge in [0, 0.05) is 30.9 Å². The first-order valence-electron chi connectivity index (χ1n) is 7.40. The summed E-state index contributed by atoms with van der Waals surface area (Å²) in [4.78, 5) is 13.7. The molecule has 1 amide bonds. The van der Waals surface area contributed by atoms with Gasteiger partial charge in [-0.05, 0) is 39.3 Å². The molecule has 1 heterocycles. The van der Waals surface area contributed by atoms with Gasteiger partial charge in [0.1, 0.15) is 5.60 Å². The fraction of sp³-hybridized carbons (Fsp3) is 0.562.